The van der Waals surface area contributed by atoms with E-state index < -0.39 is 36.9 Å². The van der Waals surface area contributed by atoms with Crippen molar-refractivity contribution in [2.45, 2.75) is 218 Å². The summed E-state index contributed by atoms with van der Waals surface area (Å²) in [5, 5.41) is 43.3. The van der Waals surface area contributed by atoms with E-state index in [4.69, 9.17) is 0 Å². The molecule has 6 heteroatoms. The highest BCUT2D eigenvalue weighted by atomic mass is 16.3. The van der Waals surface area contributed by atoms with Crippen LogP contribution in [0.15, 0.2) is 24.3 Å². The lowest BCUT2D eigenvalue weighted by molar-refractivity contribution is -0.132. The quantitative estimate of drug-likeness (QED) is 0.0346. The van der Waals surface area contributed by atoms with Gasteiger partial charge in [-0.1, -0.05) is 160 Å². The van der Waals surface area contributed by atoms with Gasteiger partial charge in [-0.15, -0.1) is 0 Å². The first-order valence-corrected chi connectivity index (χ1v) is 19.7. The van der Waals surface area contributed by atoms with E-state index in [1.54, 1.807) is 0 Å². The van der Waals surface area contributed by atoms with Crippen LogP contribution >= 0.6 is 0 Å². The third-order valence-corrected chi connectivity index (χ3v) is 9.13. The van der Waals surface area contributed by atoms with Gasteiger partial charge in [0.1, 0.15) is 12.2 Å². The van der Waals surface area contributed by atoms with Gasteiger partial charge in [-0.2, -0.15) is 0 Å². The molecular weight excluding hydrogens is 574 g/mol. The molecule has 4 atom stereocenters. The molecule has 0 bridgehead atoms. The van der Waals surface area contributed by atoms with E-state index in [1.807, 2.05) is 0 Å². The van der Waals surface area contributed by atoms with Gasteiger partial charge < -0.3 is 25.7 Å². The number of aliphatic hydroxyl groups is 4. The number of carbonyl (C=O) groups excluding carboxylic acids is 1. The first-order chi connectivity index (χ1) is 22.5. The summed E-state index contributed by atoms with van der Waals surface area (Å²) in [6.45, 7) is 3.96. The molecule has 0 aromatic rings. The molecule has 0 aromatic heterocycles. The number of amides is 1. The van der Waals surface area contributed by atoms with Gasteiger partial charge in [0.15, 0.2) is 0 Å². The standard InChI is InChI=1S/C40H77NO5/c1-3-5-7-9-11-13-14-15-16-17-18-19-20-21-22-23-24-26-27-29-31-33-37(43)39(45)36(35-42)41-40(46)38(44)34-32-30-28-25-12-10-8-6-4-2/h10,12,26-27,36-39,42-45H,3-9,11,13-25,28-35H2,1-2H3,(H,41,46)/b12-10-,27-26+. The maximum Gasteiger partial charge on any atom is 0.249 e. The van der Waals surface area contributed by atoms with Crippen molar-refractivity contribution in [1.82, 2.24) is 5.32 Å². The van der Waals surface area contributed by atoms with Crippen molar-refractivity contribution in [2.75, 3.05) is 6.61 Å². The van der Waals surface area contributed by atoms with Crippen molar-refractivity contribution in [3.63, 3.8) is 0 Å². The number of unbranched alkanes of at least 4 members (excludes halogenated alkanes) is 22. The lowest BCUT2D eigenvalue weighted by atomic mass is 10.00. The lowest BCUT2D eigenvalue weighted by Crippen LogP contribution is -2.53. The summed E-state index contributed by atoms with van der Waals surface area (Å²) in [6.07, 6.45) is 37.9. The molecule has 0 spiro atoms. The van der Waals surface area contributed by atoms with Crippen LogP contribution in [-0.2, 0) is 4.79 Å². The average molecular weight is 652 g/mol. The molecule has 6 nitrogen and oxygen atoms in total. The van der Waals surface area contributed by atoms with Crippen LogP contribution in [0.4, 0.5) is 0 Å². The van der Waals surface area contributed by atoms with Crippen molar-refractivity contribution < 1.29 is 25.2 Å². The number of carbonyl (C=O) groups is 1. The van der Waals surface area contributed by atoms with Gasteiger partial charge in [0, 0.05) is 0 Å². The number of nitrogens with one attached hydrogen (secondary N) is 1. The van der Waals surface area contributed by atoms with E-state index in [2.05, 4.69) is 43.5 Å². The van der Waals surface area contributed by atoms with Crippen LogP contribution in [0.25, 0.3) is 0 Å². The molecule has 272 valence electrons. The van der Waals surface area contributed by atoms with Gasteiger partial charge >= 0.3 is 0 Å². The summed E-state index contributed by atoms with van der Waals surface area (Å²) >= 11 is 0. The fourth-order valence-corrected chi connectivity index (χ4v) is 5.91. The molecule has 0 fully saturated rings. The minimum atomic E-state index is -1.28. The van der Waals surface area contributed by atoms with Crippen molar-refractivity contribution >= 4 is 5.91 Å². The summed E-state index contributed by atoms with van der Waals surface area (Å²) in [5.74, 6) is -0.609. The Bertz CT molecular complexity index is 697. The molecule has 5 N–H and O–H groups in total. The number of allylic oxidation sites excluding steroid dienone is 4. The van der Waals surface area contributed by atoms with E-state index in [1.165, 1.54) is 116 Å². The van der Waals surface area contributed by atoms with Crippen LogP contribution in [0.3, 0.4) is 0 Å². The van der Waals surface area contributed by atoms with Gasteiger partial charge in [-0.25, -0.2) is 0 Å². The van der Waals surface area contributed by atoms with E-state index in [-0.39, 0.29) is 0 Å². The molecular formula is C40H77NO5. The zero-order chi connectivity index (χ0) is 33.9. The monoisotopic (exact) mass is 652 g/mol. The fraction of sp³-hybridized carbons (Fsp3) is 0.875. The molecule has 0 aliphatic carbocycles. The Morgan fingerprint density at radius 2 is 0.913 bits per heavy atom. The maximum atomic E-state index is 12.4. The van der Waals surface area contributed by atoms with E-state index in [0.717, 1.165) is 51.4 Å². The highest BCUT2D eigenvalue weighted by Crippen LogP contribution is 2.15. The predicted molar refractivity (Wildman–Crippen MR) is 196 cm³/mol. The van der Waals surface area contributed by atoms with Crippen molar-refractivity contribution in [3.05, 3.63) is 24.3 Å². The summed E-state index contributed by atoms with van der Waals surface area (Å²) in [4.78, 5) is 12.4. The Morgan fingerprint density at radius 1 is 0.522 bits per heavy atom. The molecule has 0 rings (SSSR count). The minimum Gasteiger partial charge on any atom is -0.394 e. The number of hydrogen-bond donors (Lipinski definition) is 5. The molecule has 0 saturated heterocycles. The average Bonchev–Trinajstić information content (AvgIpc) is 3.06. The molecule has 0 aromatic carbocycles. The lowest BCUT2D eigenvalue weighted by Gasteiger charge is -2.27. The number of aliphatic hydroxyl groups excluding tert-OH is 4. The van der Waals surface area contributed by atoms with Crippen molar-refractivity contribution in [3.8, 4) is 0 Å². The normalized spacial score (nSPS) is 14.7. The first kappa shape index (κ1) is 44.8. The second-order valence-electron chi connectivity index (χ2n) is 13.6. The molecule has 46 heavy (non-hydrogen) atoms. The molecule has 0 saturated carbocycles. The third kappa shape index (κ3) is 29.0. The first-order valence-electron chi connectivity index (χ1n) is 19.7. The van der Waals surface area contributed by atoms with Crippen LogP contribution in [0, 0.1) is 0 Å². The summed E-state index contributed by atoms with van der Waals surface area (Å²) in [5.41, 5.74) is 0. The highest BCUT2D eigenvalue weighted by molar-refractivity contribution is 5.80. The number of rotatable bonds is 35. The summed E-state index contributed by atoms with van der Waals surface area (Å²) in [7, 11) is 0. The maximum absolute atomic E-state index is 12.4. The summed E-state index contributed by atoms with van der Waals surface area (Å²) in [6, 6.07) is -1.00. The second kappa shape index (κ2) is 35.1. The van der Waals surface area contributed by atoms with Crippen molar-refractivity contribution in [1.29, 1.82) is 0 Å². The number of hydrogen-bond acceptors (Lipinski definition) is 5. The Labute approximate surface area is 284 Å². The summed E-state index contributed by atoms with van der Waals surface area (Å²) < 4.78 is 0. The van der Waals surface area contributed by atoms with Gasteiger partial charge in [-0.05, 0) is 57.8 Å². The predicted octanol–water partition coefficient (Wildman–Crippen LogP) is 9.62. The Kier molecular flexibility index (Phi) is 34.2. The zero-order valence-electron chi connectivity index (χ0n) is 30.3. The molecule has 0 aliphatic rings. The highest BCUT2D eigenvalue weighted by Gasteiger charge is 2.28. The van der Waals surface area contributed by atoms with E-state index >= 15 is 0 Å². The van der Waals surface area contributed by atoms with Gasteiger partial charge in [-0.3, -0.25) is 4.79 Å². The van der Waals surface area contributed by atoms with Crippen LogP contribution in [0.1, 0.15) is 194 Å². The van der Waals surface area contributed by atoms with E-state index in [0.29, 0.717) is 12.8 Å². The fourth-order valence-electron chi connectivity index (χ4n) is 5.91. The largest absolute Gasteiger partial charge is 0.394 e. The topological polar surface area (TPSA) is 110 Å². The Balaban J connectivity index is 3.76. The molecule has 0 radical (unpaired) electrons. The molecule has 0 heterocycles. The Morgan fingerprint density at radius 3 is 1.37 bits per heavy atom. The third-order valence-electron chi connectivity index (χ3n) is 9.13. The van der Waals surface area contributed by atoms with Gasteiger partial charge in [0.2, 0.25) is 5.91 Å². The van der Waals surface area contributed by atoms with Crippen LogP contribution in [-0.4, -0.2) is 57.3 Å². The van der Waals surface area contributed by atoms with Gasteiger partial charge in [0.05, 0.1) is 18.8 Å². The van der Waals surface area contributed by atoms with Crippen molar-refractivity contribution in [2.24, 2.45) is 0 Å². The van der Waals surface area contributed by atoms with Crippen LogP contribution < -0.4 is 5.32 Å². The zero-order valence-corrected chi connectivity index (χ0v) is 30.3. The minimum absolute atomic E-state index is 0.341. The molecule has 4 unspecified atom stereocenters. The van der Waals surface area contributed by atoms with Crippen LogP contribution in [0.2, 0.25) is 0 Å². The van der Waals surface area contributed by atoms with E-state index in [9.17, 15) is 25.2 Å². The van der Waals surface area contributed by atoms with Gasteiger partial charge in [0.25, 0.3) is 0 Å². The van der Waals surface area contributed by atoms with Crippen LogP contribution in [0.5, 0.6) is 0 Å². The molecule has 0 aliphatic heterocycles. The second-order valence-corrected chi connectivity index (χ2v) is 13.6. The Hall–Kier alpha value is -1.21. The smallest absolute Gasteiger partial charge is 0.249 e. The SMILES string of the molecule is CCCC/C=C\CCCCCC(O)C(=O)NC(CO)C(O)C(O)CCC/C=C/CCCCCCCCCCCCCCCCCC. The molecule has 1 amide bonds.